The molecule has 0 atom stereocenters. The van der Waals surface area contributed by atoms with Crippen molar-refractivity contribution < 1.29 is 9.21 Å². The zero-order chi connectivity index (χ0) is 9.84. The highest BCUT2D eigenvalue weighted by molar-refractivity contribution is 5.77. The molecule has 1 aromatic rings. The number of hydrogen-bond acceptors (Lipinski definition) is 3. The van der Waals surface area contributed by atoms with Gasteiger partial charge in [-0.15, -0.1) is 0 Å². The van der Waals surface area contributed by atoms with Gasteiger partial charge in [0, 0.05) is 13.0 Å². The molecule has 0 aromatic carbocycles. The molecule has 0 bridgehead atoms. The van der Waals surface area contributed by atoms with Crippen molar-refractivity contribution in [2.24, 2.45) is 5.92 Å². The maximum Gasteiger partial charge on any atom is 0.225 e. The lowest BCUT2D eigenvalue weighted by Gasteiger charge is -2.17. The summed E-state index contributed by atoms with van der Waals surface area (Å²) in [5, 5.41) is 0. The average Bonchev–Trinajstić information content (AvgIpc) is 2.55. The van der Waals surface area contributed by atoms with Crippen molar-refractivity contribution >= 4 is 5.91 Å². The largest absolute Gasteiger partial charge is 0.451 e. The summed E-state index contributed by atoms with van der Waals surface area (Å²) in [6.45, 7) is 4.26. The lowest BCUT2D eigenvalue weighted by atomic mass is 10.2. The van der Waals surface area contributed by atoms with Gasteiger partial charge in [0.05, 0.1) is 12.2 Å². The van der Waals surface area contributed by atoms with E-state index in [1.807, 2.05) is 13.8 Å². The van der Waals surface area contributed by atoms with Gasteiger partial charge in [-0.25, -0.2) is 4.98 Å². The van der Waals surface area contributed by atoms with Crippen LogP contribution in [0.5, 0.6) is 0 Å². The van der Waals surface area contributed by atoms with Crippen molar-refractivity contribution in [3.05, 3.63) is 18.4 Å². The Bertz CT molecular complexity index is 267. The molecule has 4 nitrogen and oxygen atoms in total. The van der Waals surface area contributed by atoms with Gasteiger partial charge in [0.2, 0.25) is 5.91 Å². The van der Waals surface area contributed by atoms with E-state index in [0.717, 1.165) is 5.69 Å². The highest BCUT2D eigenvalue weighted by Crippen LogP contribution is 2.04. The summed E-state index contributed by atoms with van der Waals surface area (Å²) in [6.07, 6.45) is 2.91. The van der Waals surface area contributed by atoms with Crippen LogP contribution in [0, 0.1) is 5.92 Å². The molecule has 1 amide bonds. The first kappa shape index (κ1) is 9.77. The Morgan fingerprint density at radius 1 is 1.69 bits per heavy atom. The quantitative estimate of drug-likeness (QED) is 0.707. The summed E-state index contributed by atoms with van der Waals surface area (Å²) in [4.78, 5) is 17.0. The number of carbonyl (C=O) groups is 1. The van der Waals surface area contributed by atoms with Crippen LogP contribution in [0.15, 0.2) is 17.1 Å². The minimum atomic E-state index is 0.0249. The first-order valence-electron chi connectivity index (χ1n) is 4.23. The number of nitrogens with zero attached hydrogens (tertiary/aromatic N) is 2. The first-order valence-corrected chi connectivity index (χ1v) is 4.23. The zero-order valence-corrected chi connectivity index (χ0v) is 8.15. The van der Waals surface area contributed by atoms with Gasteiger partial charge in [0.1, 0.15) is 6.26 Å². The highest BCUT2D eigenvalue weighted by atomic mass is 16.3. The van der Waals surface area contributed by atoms with E-state index in [1.54, 1.807) is 18.2 Å². The Labute approximate surface area is 77.6 Å². The molecule has 1 aromatic heterocycles. The maximum atomic E-state index is 11.4. The van der Waals surface area contributed by atoms with Crippen molar-refractivity contribution in [1.29, 1.82) is 0 Å². The molecule has 0 saturated carbocycles. The lowest BCUT2D eigenvalue weighted by molar-refractivity contribution is -0.133. The van der Waals surface area contributed by atoms with Crippen LogP contribution < -0.4 is 0 Å². The summed E-state index contributed by atoms with van der Waals surface area (Å²) in [7, 11) is 1.76. The Morgan fingerprint density at radius 3 is 2.85 bits per heavy atom. The second kappa shape index (κ2) is 4.07. The third-order valence-electron chi connectivity index (χ3n) is 1.75. The van der Waals surface area contributed by atoms with Crippen LogP contribution in [-0.2, 0) is 11.3 Å². The third-order valence-corrected chi connectivity index (χ3v) is 1.75. The fourth-order valence-corrected chi connectivity index (χ4v) is 1.08. The van der Waals surface area contributed by atoms with E-state index in [4.69, 9.17) is 4.42 Å². The van der Waals surface area contributed by atoms with Gasteiger partial charge in [-0.3, -0.25) is 4.79 Å². The number of aromatic nitrogens is 1. The Morgan fingerprint density at radius 2 is 2.38 bits per heavy atom. The Balaban J connectivity index is 2.51. The lowest BCUT2D eigenvalue weighted by Crippen LogP contribution is -2.30. The molecule has 1 heterocycles. The molecule has 0 aliphatic carbocycles. The van der Waals surface area contributed by atoms with E-state index in [1.165, 1.54) is 6.39 Å². The number of oxazole rings is 1. The molecule has 0 fully saturated rings. The molecule has 0 aliphatic rings. The minimum Gasteiger partial charge on any atom is -0.451 e. The van der Waals surface area contributed by atoms with Crippen LogP contribution in [0.3, 0.4) is 0 Å². The average molecular weight is 182 g/mol. The second-order valence-corrected chi connectivity index (χ2v) is 3.33. The van der Waals surface area contributed by atoms with E-state index in [2.05, 4.69) is 4.98 Å². The van der Waals surface area contributed by atoms with Crippen molar-refractivity contribution in [2.45, 2.75) is 20.4 Å². The molecular formula is C9H14N2O2. The van der Waals surface area contributed by atoms with Crippen LogP contribution in [-0.4, -0.2) is 22.8 Å². The van der Waals surface area contributed by atoms with Crippen molar-refractivity contribution in [2.75, 3.05) is 7.05 Å². The van der Waals surface area contributed by atoms with Gasteiger partial charge >= 0.3 is 0 Å². The molecule has 0 radical (unpaired) electrons. The van der Waals surface area contributed by atoms with Gasteiger partial charge in [-0.05, 0) is 0 Å². The molecule has 0 spiro atoms. The molecular weight excluding hydrogens is 168 g/mol. The second-order valence-electron chi connectivity index (χ2n) is 3.33. The van der Waals surface area contributed by atoms with Crippen LogP contribution in [0.4, 0.5) is 0 Å². The smallest absolute Gasteiger partial charge is 0.225 e. The van der Waals surface area contributed by atoms with Crippen LogP contribution >= 0.6 is 0 Å². The minimum absolute atomic E-state index is 0.0249. The SMILES string of the molecule is CC(C)C(=O)N(C)Cc1cocn1. The molecule has 13 heavy (non-hydrogen) atoms. The molecule has 0 N–H and O–H groups in total. The van der Waals surface area contributed by atoms with Gasteiger partial charge in [0.25, 0.3) is 0 Å². The summed E-state index contributed by atoms with van der Waals surface area (Å²) < 4.78 is 4.81. The first-order chi connectivity index (χ1) is 6.11. The maximum absolute atomic E-state index is 11.4. The van der Waals surface area contributed by atoms with E-state index >= 15 is 0 Å². The van der Waals surface area contributed by atoms with Gasteiger partial charge in [-0.2, -0.15) is 0 Å². The third kappa shape index (κ3) is 2.57. The zero-order valence-electron chi connectivity index (χ0n) is 8.15. The number of carbonyl (C=O) groups excluding carboxylic acids is 1. The number of hydrogen-bond donors (Lipinski definition) is 0. The monoisotopic (exact) mass is 182 g/mol. The van der Waals surface area contributed by atoms with E-state index in [0.29, 0.717) is 6.54 Å². The summed E-state index contributed by atoms with van der Waals surface area (Å²) in [5.41, 5.74) is 0.775. The summed E-state index contributed by atoms with van der Waals surface area (Å²) >= 11 is 0. The predicted octanol–water partition coefficient (Wildman–Crippen LogP) is 1.29. The van der Waals surface area contributed by atoms with Crippen molar-refractivity contribution in [3.8, 4) is 0 Å². The Hall–Kier alpha value is -1.32. The molecule has 4 heteroatoms. The molecule has 0 saturated heterocycles. The summed E-state index contributed by atoms with van der Waals surface area (Å²) in [6, 6.07) is 0. The summed E-state index contributed by atoms with van der Waals surface area (Å²) in [5.74, 6) is 0.139. The number of rotatable bonds is 3. The molecule has 72 valence electrons. The van der Waals surface area contributed by atoms with E-state index < -0.39 is 0 Å². The Kier molecular flexibility index (Phi) is 3.06. The van der Waals surface area contributed by atoms with E-state index in [-0.39, 0.29) is 11.8 Å². The molecule has 0 unspecified atom stereocenters. The van der Waals surface area contributed by atoms with Gasteiger partial charge in [-0.1, -0.05) is 13.8 Å². The standard InChI is InChI=1S/C9H14N2O2/c1-7(2)9(12)11(3)4-8-5-13-6-10-8/h5-7H,4H2,1-3H3. The van der Waals surface area contributed by atoms with Crippen LogP contribution in [0.25, 0.3) is 0 Å². The fraction of sp³-hybridized carbons (Fsp3) is 0.556. The molecule has 0 aliphatic heterocycles. The van der Waals surface area contributed by atoms with Crippen LogP contribution in [0.2, 0.25) is 0 Å². The van der Waals surface area contributed by atoms with Crippen LogP contribution in [0.1, 0.15) is 19.5 Å². The normalized spacial score (nSPS) is 10.5. The number of amides is 1. The highest BCUT2D eigenvalue weighted by Gasteiger charge is 2.13. The topological polar surface area (TPSA) is 46.3 Å². The predicted molar refractivity (Wildman–Crippen MR) is 47.8 cm³/mol. The van der Waals surface area contributed by atoms with Crippen molar-refractivity contribution in [3.63, 3.8) is 0 Å². The van der Waals surface area contributed by atoms with Gasteiger partial charge in [0.15, 0.2) is 6.39 Å². The van der Waals surface area contributed by atoms with E-state index in [9.17, 15) is 4.79 Å². The van der Waals surface area contributed by atoms with Gasteiger partial charge < -0.3 is 9.32 Å². The van der Waals surface area contributed by atoms with Crippen molar-refractivity contribution in [1.82, 2.24) is 9.88 Å². The molecule has 1 rings (SSSR count). The fourth-order valence-electron chi connectivity index (χ4n) is 1.08.